The van der Waals surface area contributed by atoms with E-state index in [1.807, 2.05) is 20.8 Å². The lowest BCUT2D eigenvalue weighted by molar-refractivity contribution is -0.117. The molecule has 1 aliphatic heterocycles. The minimum atomic E-state index is -0.0907. The fourth-order valence-corrected chi connectivity index (χ4v) is 1.43. The van der Waals surface area contributed by atoms with Crippen molar-refractivity contribution in [3.05, 3.63) is 18.3 Å². The van der Waals surface area contributed by atoms with Crippen LogP contribution in [0.5, 0.6) is 0 Å². The van der Waals surface area contributed by atoms with E-state index in [-0.39, 0.29) is 11.3 Å². The Morgan fingerprint density at radius 1 is 1.38 bits per heavy atom. The van der Waals surface area contributed by atoms with Gasteiger partial charge >= 0.3 is 0 Å². The van der Waals surface area contributed by atoms with Crippen molar-refractivity contribution in [1.29, 1.82) is 0 Å². The van der Waals surface area contributed by atoms with Crippen LogP contribution < -0.4 is 5.01 Å². The van der Waals surface area contributed by atoms with E-state index in [0.717, 1.165) is 5.71 Å². The molecule has 0 aliphatic carbocycles. The number of rotatable bonds is 1. The second-order valence-corrected chi connectivity index (χ2v) is 4.76. The molecular weight excluding hydrogens is 204 g/mol. The monoisotopic (exact) mass is 218 g/mol. The molecule has 84 valence electrons. The van der Waals surface area contributed by atoms with Gasteiger partial charge in [0.2, 0.25) is 0 Å². The highest BCUT2D eigenvalue weighted by Crippen LogP contribution is 2.26. The van der Waals surface area contributed by atoms with Gasteiger partial charge in [0.05, 0.1) is 12.1 Å². The summed E-state index contributed by atoms with van der Waals surface area (Å²) in [6.07, 6.45) is 1.93. The average Bonchev–Trinajstić information content (AvgIpc) is 2.61. The Balaban J connectivity index is 2.31. The molecule has 0 saturated carbocycles. The molecule has 0 fully saturated rings. The average molecular weight is 218 g/mol. The van der Waals surface area contributed by atoms with Crippen molar-refractivity contribution in [3.8, 4) is 0 Å². The van der Waals surface area contributed by atoms with Crippen molar-refractivity contribution < 1.29 is 4.79 Å². The third-order valence-electron chi connectivity index (χ3n) is 2.42. The molecule has 0 unspecified atom stereocenters. The van der Waals surface area contributed by atoms with E-state index < -0.39 is 0 Å². The zero-order chi connectivity index (χ0) is 11.8. The van der Waals surface area contributed by atoms with E-state index in [9.17, 15) is 4.79 Å². The lowest BCUT2D eigenvalue weighted by atomic mass is 9.88. The quantitative estimate of drug-likeness (QED) is 0.719. The number of carbonyl (C=O) groups is 1. The van der Waals surface area contributed by atoms with Gasteiger partial charge in [-0.3, -0.25) is 4.79 Å². The Labute approximate surface area is 94.2 Å². The Kier molecular flexibility index (Phi) is 2.46. The highest BCUT2D eigenvalue weighted by atomic mass is 16.2. The van der Waals surface area contributed by atoms with Crippen molar-refractivity contribution in [2.24, 2.45) is 10.5 Å². The topological polar surface area (TPSA) is 58.5 Å². The van der Waals surface area contributed by atoms with Crippen LogP contribution in [0.15, 0.2) is 23.4 Å². The molecule has 0 N–H and O–H groups in total. The minimum absolute atomic E-state index is 0.0505. The first kappa shape index (κ1) is 10.7. The molecule has 5 heteroatoms. The van der Waals surface area contributed by atoms with Gasteiger partial charge in [-0.2, -0.15) is 15.2 Å². The Bertz CT molecular complexity index is 433. The van der Waals surface area contributed by atoms with Crippen LogP contribution >= 0.6 is 0 Å². The fourth-order valence-electron chi connectivity index (χ4n) is 1.43. The first-order valence-electron chi connectivity index (χ1n) is 5.17. The van der Waals surface area contributed by atoms with Crippen molar-refractivity contribution in [2.75, 3.05) is 5.01 Å². The second kappa shape index (κ2) is 3.66. The van der Waals surface area contributed by atoms with E-state index in [1.54, 1.807) is 18.3 Å². The van der Waals surface area contributed by atoms with Crippen molar-refractivity contribution >= 4 is 17.4 Å². The van der Waals surface area contributed by atoms with Gasteiger partial charge in [-0.05, 0) is 12.1 Å². The normalized spacial score (nSPS) is 16.6. The third-order valence-corrected chi connectivity index (χ3v) is 2.42. The number of hydrazone groups is 1. The predicted octanol–water partition coefficient (Wildman–Crippen LogP) is 1.62. The van der Waals surface area contributed by atoms with Crippen LogP contribution in [0.25, 0.3) is 0 Å². The Hall–Kier alpha value is -1.78. The van der Waals surface area contributed by atoms with Crippen molar-refractivity contribution in [2.45, 2.75) is 27.2 Å². The number of aromatic nitrogens is 2. The van der Waals surface area contributed by atoms with Gasteiger partial charge in [-0.1, -0.05) is 20.8 Å². The standard InChI is InChI=1S/C11H14N4O/c1-11(2,3)8-7-10(16)15(14-8)9-5-4-6-12-13-9/h4-6H,7H2,1-3H3. The van der Waals surface area contributed by atoms with Gasteiger partial charge in [0, 0.05) is 11.6 Å². The molecule has 0 radical (unpaired) electrons. The first-order valence-corrected chi connectivity index (χ1v) is 5.17. The number of amides is 1. The number of nitrogens with zero attached hydrogens (tertiary/aromatic N) is 4. The minimum Gasteiger partial charge on any atom is -0.272 e. The summed E-state index contributed by atoms with van der Waals surface area (Å²) in [5.41, 5.74) is 0.787. The highest BCUT2D eigenvalue weighted by Gasteiger charge is 2.32. The largest absolute Gasteiger partial charge is 0.272 e. The molecule has 5 nitrogen and oxygen atoms in total. The van der Waals surface area contributed by atoms with Gasteiger partial charge in [-0.25, -0.2) is 0 Å². The molecular formula is C11H14N4O. The molecule has 1 aromatic rings. The van der Waals surface area contributed by atoms with Crippen LogP contribution in [-0.4, -0.2) is 21.8 Å². The SMILES string of the molecule is CC(C)(C)C1=NN(c2cccnn2)C(=O)C1. The molecule has 2 heterocycles. The molecule has 1 aliphatic rings. The number of anilines is 1. The van der Waals surface area contributed by atoms with Gasteiger partial charge in [0.25, 0.3) is 5.91 Å². The summed E-state index contributed by atoms with van der Waals surface area (Å²) in [5.74, 6) is 0.428. The lowest BCUT2D eigenvalue weighted by Crippen LogP contribution is -2.21. The Morgan fingerprint density at radius 2 is 2.12 bits per heavy atom. The predicted molar refractivity (Wildman–Crippen MR) is 61.0 cm³/mol. The Morgan fingerprint density at radius 3 is 2.62 bits per heavy atom. The van der Waals surface area contributed by atoms with Gasteiger partial charge in [0.1, 0.15) is 0 Å². The molecule has 0 spiro atoms. The molecule has 1 aromatic heterocycles. The molecule has 16 heavy (non-hydrogen) atoms. The highest BCUT2D eigenvalue weighted by molar-refractivity contribution is 6.14. The fraction of sp³-hybridized carbons (Fsp3) is 0.455. The molecule has 0 saturated heterocycles. The van der Waals surface area contributed by atoms with Gasteiger partial charge < -0.3 is 0 Å². The summed E-state index contributed by atoms with van der Waals surface area (Å²) in [6, 6.07) is 3.46. The zero-order valence-electron chi connectivity index (χ0n) is 9.64. The van der Waals surface area contributed by atoms with Crippen LogP contribution in [0.1, 0.15) is 27.2 Å². The maximum absolute atomic E-state index is 11.8. The summed E-state index contributed by atoms with van der Waals surface area (Å²) in [7, 11) is 0. The van der Waals surface area contributed by atoms with Crippen molar-refractivity contribution in [3.63, 3.8) is 0 Å². The van der Waals surface area contributed by atoms with Gasteiger partial charge in [0.15, 0.2) is 5.82 Å². The summed E-state index contributed by atoms with van der Waals surface area (Å²) < 4.78 is 0. The molecule has 0 bridgehead atoms. The van der Waals surface area contributed by atoms with E-state index in [2.05, 4.69) is 15.3 Å². The van der Waals surface area contributed by atoms with E-state index in [4.69, 9.17) is 0 Å². The van der Waals surface area contributed by atoms with Crippen LogP contribution in [0.4, 0.5) is 5.82 Å². The van der Waals surface area contributed by atoms with Crippen LogP contribution in [0.3, 0.4) is 0 Å². The molecule has 2 rings (SSSR count). The van der Waals surface area contributed by atoms with Crippen LogP contribution in [0.2, 0.25) is 0 Å². The zero-order valence-corrected chi connectivity index (χ0v) is 9.64. The van der Waals surface area contributed by atoms with Crippen LogP contribution in [-0.2, 0) is 4.79 Å². The molecule has 0 atom stereocenters. The second-order valence-electron chi connectivity index (χ2n) is 4.76. The van der Waals surface area contributed by atoms with E-state index in [1.165, 1.54) is 5.01 Å². The number of hydrogen-bond acceptors (Lipinski definition) is 4. The maximum Gasteiger partial charge on any atom is 0.254 e. The number of hydrogen-bond donors (Lipinski definition) is 0. The van der Waals surface area contributed by atoms with E-state index >= 15 is 0 Å². The van der Waals surface area contributed by atoms with E-state index in [0.29, 0.717) is 12.2 Å². The number of carbonyl (C=O) groups excluding carboxylic acids is 1. The van der Waals surface area contributed by atoms with Crippen molar-refractivity contribution in [1.82, 2.24) is 10.2 Å². The summed E-state index contributed by atoms with van der Waals surface area (Å²) in [5, 5.41) is 13.2. The smallest absolute Gasteiger partial charge is 0.254 e. The first-order chi connectivity index (χ1) is 7.48. The summed E-state index contributed by atoms with van der Waals surface area (Å²) >= 11 is 0. The maximum atomic E-state index is 11.8. The van der Waals surface area contributed by atoms with Gasteiger partial charge in [-0.15, -0.1) is 5.10 Å². The van der Waals surface area contributed by atoms with Crippen LogP contribution in [0, 0.1) is 5.41 Å². The third kappa shape index (κ3) is 1.93. The summed E-state index contributed by atoms with van der Waals surface area (Å²) in [6.45, 7) is 6.12. The lowest BCUT2D eigenvalue weighted by Gasteiger charge is -2.16. The molecule has 0 aromatic carbocycles. The summed E-state index contributed by atoms with van der Waals surface area (Å²) in [4.78, 5) is 11.8. The molecule has 1 amide bonds.